The van der Waals surface area contributed by atoms with Crippen molar-refractivity contribution in [1.82, 2.24) is 15.0 Å². The zero-order chi connectivity index (χ0) is 16.5. The van der Waals surface area contributed by atoms with Crippen molar-refractivity contribution in [2.75, 3.05) is 25.2 Å². The molecule has 1 fully saturated rings. The standard InChI is InChI=1S/C19H22N4O/c1-13-20-17-11-16(14-7-4-3-5-8-14)22-18(17)19(21-13)23-10-6-9-15(23)12-24-2/h3-5,7-8,11,15,22H,6,9-10,12H2,1-2H3/t15-/m0/s1. The molecule has 2 aromatic heterocycles. The Labute approximate surface area is 141 Å². The van der Waals surface area contributed by atoms with Gasteiger partial charge in [0.25, 0.3) is 0 Å². The van der Waals surface area contributed by atoms with Gasteiger partial charge in [0.05, 0.1) is 18.2 Å². The third-order valence-corrected chi connectivity index (χ3v) is 4.66. The summed E-state index contributed by atoms with van der Waals surface area (Å²) in [5.74, 6) is 1.80. The molecule has 5 nitrogen and oxygen atoms in total. The number of rotatable bonds is 4. The molecule has 0 bridgehead atoms. The Bertz CT molecular complexity index is 843. The molecule has 0 saturated carbocycles. The summed E-state index contributed by atoms with van der Waals surface area (Å²) in [7, 11) is 1.76. The van der Waals surface area contributed by atoms with Gasteiger partial charge in [0, 0.05) is 19.3 Å². The van der Waals surface area contributed by atoms with Crippen LogP contribution >= 0.6 is 0 Å². The van der Waals surface area contributed by atoms with Crippen LogP contribution in [-0.4, -0.2) is 41.3 Å². The Balaban J connectivity index is 1.82. The normalized spacial score (nSPS) is 17.8. The second kappa shape index (κ2) is 6.24. The van der Waals surface area contributed by atoms with Crippen molar-refractivity contribution in [1.29, 1.82) is 0 Å². The second-order valence-corrected chi connectivity index (χ2v) is 6.35. The molecule has 5 heteroatoms. The zero-order valence-electron chi connectivity index (χ0n) is 14.1. The van der Waals surface area contributed by atoms with E-state index in [-0.39, 0.29) is 0 Å². The number of nitrogens with one attached hydrogen (secondary N) is 1. The first-order valence-electron chi connectivity index (χ1n) is 8.44. The summed E-state index contributed by atoms with van der Waals surface area (Å²) >= 11 is 0. The van der Waals surface area contributed by atoms with Crippen molar-refractivity contribution in [3.05, 3.63) is 42.2 Å². The van der Waals surface area contributed by atoms with Crippen LogP contribution in [0.4, 0.5) is 5.82 Å². The van der Waals surface area contributed by atoms with E-state index in [0.717, 1.165) is 53.5 Å². The predicted octanol–water partition coefficient (Wildman–Crippen LogP) is 3.55. The predicted molar refractivity (Wildman–Crippen MR) is 96.3 cm³/mol. The van der Waals surface area contributed by atoms with E-state index in [9.17, 15) is 0 Å². The topological polar surface area (TPSA) is 54.0 Å². The molecule has 3 aromatic rings. The zero-order valence-corrected chi connectivity index (χ0v) is 14.1. The van der Waals surface area contributed by atoms with Crippen LogP contribution in [0.3, 0.4) is 0 Å². The van der Waals surface area contributed by atoms with Gasteiger partial charge in [-0.25, -0.2) is 9.97 Å². The van der Waals surface area contributed by atoms with Gasteiger partial charge < -0.3 is 14.6 Å². The average Bonchev–Trinajstić information content (AvgIpc) is 3.22. The van der Waals surface area contributed by atoms with Gasteiger partial charge in [-0.3, -0.25) is 0 Å². The van der Waals surface area contributed by atoms with E-state index in [1.165, 1.54) is 6.42 Å². The van der Waals surface area contributed by atoms with Crippen LogP contribution in [0.5, 0.6) is 0 Å². The van der Waals surface area contributed by atoms with E-state index >= 15 is 0 Å². The van der Waals surface area contributed by atoms with Crippen molar-refractivity contribution in [2.24, 2.45) is 0 Å². The molecular weight excluding hydrogens is 300 g/mol. The highest BCUT2D eigenvalue weighted by Gasteiger charge is 2.28. The van der Waals surface area contributed by atoms with Gasteiger partial charge in [-0.15, -0.1) is 0 Å². The van der Waals surface area contributed by atoms with E-state index in [4.69, 9.17) is 9.72 Å². The van der Waals surface area contributed by atoms with Crippen molar-refractivity contribution in [3.63, 3.8) is 0 Å². The summed E-state index contributed by atoms with van der Waals surface area (Å²) in [6.07, 6.45) is 2.31. The Morgan fingerprint density at radius 2 is 2.08 bits per heavy atom. The van der Waals surface area contributed by atoms with E-state index in [2.05, 4.69) is 33.1 Å². The molecule has 4 rings (SSSR count). The summed E-state index contributed by atoms with van der Waals surface area (Å²) in [4.78, 5) is 15.3. The molecule has 124 valence electrons. The van der Waals surface area contributed by atoms with Crippen LogP contribution in [0, 0.1) is 6.92 Å². The maximum absolute atomic E-state index is 5.40. The Morgan fingerprint density at radius 1 is 1.25 bits per heavy atom. The van der Waals surface area contributed by atoms with Gasteiger partial charge in [0.1, 0.15) is 11.3 Å². The number of ether oxygens (including phenoxy) is 1. The molecule has 1 saturated heterocycles. The van der Waals surface area contributed by atoms with Crippen molar-refractivity contribution < 1.29 is 4.74 Å². The molecule has 1 aromatic carbocycles. The first-order valence-corrected chi connectivity index (χ1v) is 8.44. The monoisotopic (exact) mass is 322 g/mol. The molecule has 1 aliphatic heterocycles. The van der Waals surface area contributed by atoms with E-state index in [1.54, 1.807) is 7.11 Å². The smallest absolute Gasteiger partial charge is 0.157 e. The third-order valence-electron chi connectivity index (χ3n) is 4.66. The summed E-state index contributed by atoms with van der Waals surface area (Å²) < 4.78 is 5.40. The van der Waals surface area contributed by atoms with Crippen LogP contribution in [0.1, 0.15) is 18.7 Å². The molecule has 0 aliphatic carbocycles. The van der Waals surface area contributed by atoms with Gasteiger partial charge in [-0.2, -0.15) is 0 Å². The number of hydrogen-bond donors (Lipinski definition) is 1. The number of anilines is 1. The lowest BCUT2D eigenvalue weighted by Gasteiger charge is -2.25. The summed E-state index contributed by atoms with van der Waals surface area (Å²) in [5, 5.41) is 0. The molecule has 1 atom stereocenters. The van der Waals surface area contributed by atoms with Crippen molar-refractivity contribution >= 4 is 16.9 Å². The molecule has 0 amide bonds. The van der Waals surface area contributed by atoms with Crippen molar-refractivity contribution in [3.8, 4) is 11.3 Å². The SMILES string of the molecule is COC[C@@H]1CCCN1c1nc(C)nc2cc(-c3ccccc3)[nH]c12. The number of fused-ring (bicyclic) bond motifs is 1. The Kier molecular flexibility index (Phi) is 3.94. The van der Waals surface area contributed by atoms with E-state index < -0.39 is 0 Å². The maximum atomic E-state index is 5.40. The van der Waals surface area contributed by atoms with Crippen LogP contribution in [0.2, 0.25) is 0 Å². The first-order chi connectivity index (χ1) is 11.8. The van der Waals surface area contributed by atoms with E-state index in [0.29, 0.717) is 6.04 Å². The minimum atomic E-state index is 0.385. The summed E-state index contributed by atoms with van der Waals surface area (Å²) in [5.41, 5.74) is 4.23. The minimum Gasteiger partial charge on any atom is -0.383 e. The molecule has 1 N–H and O–H groups in total. The van der Waals surface area contributed by atoms with Gasteiger partial charge in [-0.1, -0.05) is 30.3 Å². The molecule has 0 spiro atoms. The fourth-order valence-electron chi connectivity index (χ4n) is 3.57. The number of aromatic nitrogens is 3. The van der Waals surface area contributed by atoms with Crippen LogP contribution in [0.25, 0.3) is 22.3 Å². The van der Waals surface area contributed by atoms with Gasteiger partial charge in [-0.05, 0) is 31.4 Å². The highest BCUT2D eigenvalue weighted by molar-refractivity contribution is 5.91. The highest BCUT2D eigenvalue weighted by atomic mass is 16.5. The Morgan fingerprint density at radius 3 is 2.88 bits per heavy atom. The number of aromatic amines is 1. The number of benzene rings is 1. The van der Waals surface area contributed by atoms with Crippen molar-refractivity contribution in [2.45, 2.75) is 25.8 Å². The fraction of sp³-hybridized carbons (Fsp3) is 0.368. The lowest BCUT2D eigenvalue weighted by Crippen LogP contribution is -2.33. The van der Waals surface area contributed by atoms with Crippen LogP contribution in [-0.2, 0) is 4.74 Å². The minimum absolute atomic E-state index is 0.385. The summed E-state index contributed by atoms with van der Waals surface area (Å²) in [6, 6.07) is 12.8. The largest absolute Gasteiger partial charge is 0.383 e. The van der Waals surface area contributed by atoms with Crippen LogP contribution < -0.4 is 4.90 Å². The highest BCUT2D eigenvalue weighted by Crippen LogP contribution is 2.32. The number of aryl methyl sites for hydroxylation is 1. The van der Waals surface area contributed by atoms with Gasteiger partial charge in [0.15, 0.2) is 5.82 Å². The molecule has 0 radical (unpaired) electrons. The number of nitrogens with zero attached hydrogens (tertiary/aromatic N) is 3. The molecule has 24 heavy (non-hydrogen) atoms. The average molecular weight is 322 g/mol. The lowest BCUT2D eigenvalue weighted by molar-refractivity contribution is 0.180. The summed E-state index contributed by atoms with van der Waals surface area (Å²) in [6.45, 7) is 3.70. The maximum Gasteiger partial charge on any atom is 0.157 e. The van der Waals surface area contributed by atoms with Gasteiger partial charge >= 0.3 is 0 Å². The number of H-pyrrole nitrogens is 1. The fourth-order valence-corrected chi connectivity index (χ4v) is 3.57. The lowest BCUT2D eigenvalue weighted by atomic mass is 10.2. The molecule has 1 aliphatic rings. The first kappa shape index (κ1) is 15.1. The second-order valence-electron chi connectivity index (χ2n) is 6.35. The van der Waals surface area contributed by atoms with Gasteiger partial charge in [0.2, 0.25) is 0 Å². The Hall–Kier alpha value is -2.40. The molecule has 3 heterocycles. The molecule has 0 unspecified atom stereocenters. The third kappa shape index (κ3) is 2.65. The quantitative estimate of drug-likeness (QED) is 0.798. The molecular formula is C19H22N4O. The van der Waals surface area contributed by atoms with Crippen LogP contribution in [0.15, 0.2) is 36.4 Å². The number of methoxy groups -OCH3 is 1. The number of hydrogen-bond acceptors (Lipinski definition) is 4. The van der Waals surface area contributed by atoms with E-state index in [1.807, 2.05) is 25.1 Å².